The number of rotatable bonds is 3. The fourth-order valence-electron chi connectivity index (χ4n) is 3.18. The van der Waals surface area contributed by atoms with Gasteiger partial charge in [-0.2, -0.15) is 0 Å². The highest BCUT2D eigenvalue weighted by Crippen LogP contribution is 2.32. The first-order chi connectivity index (χ1) is 9.84. The molecule has 2 aromatic rings. The van der Waals surface area contributed by atoms with Crippen LogP contribution in [0.15, 0.2) is 24.3 Å². The summed E-state index contributed by atoms with van der Waals surface area (Å²) in [5, 5.41) is 10.8. The van der Waals surface area contributed by atoms with Crippen LogP contribution in [0.2, 0.25) is 0 Å². The smallest absolute Gasteiger partial charge is 0.0835 e. The van der Waals surface area contributed by atoms with Gasteiger partial charge in [0.05, 0.1) is 6.10 Å². The van der Waals surface area contributed by atoms with Crippen molar-refractivity contribution in [3.05, 3.63) is 68.8 Å². The van der Waals surface area contributed by atoms with E-state index in [4.69, 9.17) is 0 Å². The molecule has 21 heavy (non-hydrogen) atoms. The number of hydrogen-bond donors (Lipinski definition) is 1. The molecule has 0 saturated heterocycles. The van der Waals surface area contributed by atoms with Crippen molar-refractivity contribution in [3.8, 4) is 0 Å². The second-order valence-corrected chi connectivity index (χ2v) is 6.19. The molecule has 2 rings (SSSR count). The molecule has 0 saturated carbocycles. The van der Waals surface area contributed by atoms with E-state index >= 15 is 0 Å². The van der Waals surface area contributed by atoms with Crippen molar-refractivity contribution in [3.63, 3.8) is 0 Å². The minimum absolute atomic E-state index is 0.441. The third-order valence-corrected chi connectivity index (χ3v) is 5.07. The fourth-order valence-corrected chi connectivity index (χ4v) is 3.18. The van der Waals surface area contributed by atoms with Gasteiger partial charge >= 0.3 is 0 Å². The Morgan fingerprint density at radius 1 is 0.762 bits per heavy atom. The summed E-state index contributed by atoms with van der Waals surface area (Å²) in [6.07, 6.45) is 0.236. The van der Waals surface area contributed by atoms with Gasteiger partial charge in [-0.25, -0.2) is 0 Å². The molecule has 0 amide bonds. The minimum Gasteiger partial charge on any atom is -0.388 e. The Balaban J connectivity index is 2.45. The van der Waals surface area contributed by atoms with Crippen LogP contribution in [0.3, 0.4) is 0 Å². The van der Waals surface area contributed by atoms with Crippen LogP contribution in [0.5, 0.6) is 0 Å². The van der Waals surface area contributed by atoms with E-state index in [0.29, 0.717) is 6.42 Å². The Labute approximate surface area is 128 Å². The van der Waals surface area contributed by atoms with E-state index in [1.54, 1.807) is 0 Å². The molecule has 1 atom stereocenters. The molecule has 0 aliphatic rings. The molecule has 2 aromatic carbocycles. The molecule has 0 heterocycles. The molecular weight excluding hydrogens is 256 g/mol. The normalized spacial score (nSPS) is 12.5. The van der Waals surface area contributed by atoms with Crippen LogP contribution in [0.4, 0.5) is 0 Å². The molecule has 0 aliphatic heterocycles. The molecule has 1 heteroatoms. The van der Waals surface area contributed by atoms with Crippen molar-refractivity contribution < 1.29 is 5.11 Å². The number of aliphatic hydroxyl groups is 1. The van der Waals surface area contributed by atoms with Crippen molar-refractivity contribution in [1.29, 1.82) is 0 Å². The summed E-state index contributed by atoms with van der Waals surface area (Å²) in [5.74, 6) is 0. The van der Waals surface area contributed by atoms with Crippen molar-refractivity contribution in [2.45, 2.75) is 54.1 Å². The molecule has 1 nitrogen and oxygen atoms in total. The van der Waals surface area contributed by atoms with Gasteiger partial charge < -0.3 is 5.11 Å². The van der Waals surface area contributed by atoms with Gasteiger partial charge in [-0.1, -0.05) is 24.3 Å². The highest BCUT2D eigenvalue weighted by molar-refractivity contribution is 5.50. The summed E-state index contributed by atoms with van der Waals surface area (Å²) in [6, 6.07) is 8.30. The summed E-state index contributed by atoms with van der Waals surface area (Å²) >= 11 is 0. The SMILES string of the molecule is Cc1ccccc1CC(O)c1c(C)c(C)c(C)c(C)c1C. The number of hydrogen-bond acceptors (Lipinski definition) is 1. The molecule has 0 spiro atoms. The van der Waals surface area contributed by atoms with E-state index in [0.717, 1.165) is 5.56 Å². The minimum atomic E-state index is -0.441. The van der Waals surface area contributed by atoms with E-state index in [1.807, 2.05) is 12.1 Å². The molecule has 0 radical (unpaired) electrons. The van der Waals surface area contributed by atoms with Crippen LogP contribution in [0.1, 0.15) is 50.6 Å². The highest BCUT2D eigenvalue weighted by atomic mass is 16.3. The van der Waals surface area contributed by atoms with Gasteiger partial charge in [0, 0.05) is 6.42 Å². The quantitative estimate of drug-likeness (QED) is 0.856. The standard InChI is InChI=1S/C20H26O/c1-12-9-7-8-10-18(12)11-19(21)20-16(5)14(3)13(2)15(4)17(20)6/h7-10,19,21H,11H2,1-6H3. The summed E-state index contributed by atoms with van der Waals surface area (Å²) in [6.45, 7) is 12.8. The lowest BCUT2D eigenvalue weighted by atomic mass is 9.85. The van der Waals surface area contributed by atoms with Crippen LogP contribution in [-0.2, 0) is 6.42 Å². The molecule has 1 unspecified atom stereocenters. The lowest BCUT2D eigenvalue weighted by Gasteiger charge is -2.23. The lowest BCUT2D eigenvalue weighted by molar-refractivity contribution is 0.176. The zero-order valence-electron chi connectivity index (χ0n) is 14.0. The Bertz CT molecular complexity index is 639. The molecule has 1 N–H and O–H groups in total. The largest absolute Gasteiger partial charge is 0.388 e. The number of benzene rings is 2. The zero-order chi connectivity index (χ0) is 15.7. The molecular formula is C20H26O. The van der Waals surface area contributed by atoms with Crippen molar-refractivity contribution >= 4 is 0 Å². The third-order valence-electron chi connectivity index (χ3n) is 5.07. The fraction of sp³-hybridized carbons (Fsp3) is 0.400. The van der Waals surface area contributed by atoms with Crippen LogP contribution in [0.25, 0.3) is 0 Å². The first-order valence-electron chi connectivity index (χ1n) is 7.64. The molecule has 0 bridgehead atoms. The van der Waals surface area contributed by atoms with E-state index in [1.165, 1.54) is 38.9 Å². The molecule has 112 valence electrons. The predicted octanol–water partition coefficient (Wildman–Crippen LogP) is 4.81. The number of aryl methyl sites for hydroxylation is 1. The van der Waals surface area contributed by atoms with Crippen LogP contribution >= 0.6 is 0 Å². The molecule has 0 fully saturated rings. The summed E-state index contributed by atoms with van der Waals surface area (Å²) < 4.78 is 0. The van der Waals surface area contributed by atoms with Crippen LogP contribution < -0.4 is 0 Å². The zero-order valence-corrected chi connectivity index (χ0v) is 14.0. The van der Waals surface area contributed by atoms with E-state index in [-0.39, 0.29) is 0 Å². The highest BCUT2D eigenvalue weighted by Gasteiger charge is 2.19. The van der Waals surface area contributed by atoms with Gasteiger partial charge in [0.15, 0.2) is 0 Å². The Morgan fingerprint density at radius 3 is 1.76 bits per heavy atom. The van der Waals surface area contributed by atoms with Crippen molar-refractivity contribution in [2.75, 3.05) is 0 Å². The summed E-state index contributed by atoms with van der Waals surface area (Å²) in [4.78, 5) is 0. The molecule has 0 aromatic heterocycles. The van der Waals surface area contributed by atoms with Gasteiger partial charge in [-0.3, -0.25) is 0 Å². The lowest BCUT2D eigenvalue weighted by Crippen LogP contribution is -2.10. The van der Waals surface area contributed by atoms with Gasteiger partial charge in [0.1, 0.15) is 0 Å². The van der Waals surface area contributed by atoms with Gasteiger partial charge in [-0.15, -0.1) is 0 Å². The van der Waals surface area contributed by atoms with E-state index < -0.39 is 6.10 Å². The first-order valence-corrected chi connectivity index (χ1v) is 7.64. The van der Waals surface area contributed by atoms with Crippen molar-refractivity contribution in [1.82, 2.24) is 0 Å². The molecule has 0 aliphatic carbocycles. The van der Waals surface area contributed by atoms with Crippen LogP contribution in [-0.4, -0.2) is 5.11 Å². The van der Waals surface area contributed by atoms with Crippen molar-refractivity contribution in [2.24, 2.45) is 0 Å². The maximum Gasteiger partial charge on any atom is 0.0835 e. The van der Waals surface area contributed by atoms with E-state index in [9.17, 15) is 5.11 Å². The van der Waals surface area contributed by atoms with Gasteiger partial charge in [0.2, 0.25) is 0 Å². The second kappa shape index (κ2) is 6.03. The Morgan fingerprint density at radius 2 is 1.24 bits per heavy atom. The van der Waals surface area contributed by atoms with E-state index in [2.05, 4.69) is 53.7 Å². The summed E-state index contributed by atoms with van der Waals surface area (Å²) in [7, 11) is 0. The maximum absolute atomic E-state index is 10.8. The number of aliphatic hydroxyl groups excluding tert-OH is 1. The van der Waals surface area contributed by atoms with Gasteiger partial charge in [0.25, 0.3) is 0 Å². The monoisotopic (exact) mass is 282 g/mol. The first kappa shape index (κ1) is 15.8. The predicted molar refractivity (Wildman–Crippen MR) is 90.0 cm³/mol. The average Bonchev–Trinajstić information content (AvgIpc) is 2.46. The topological polar surface area (TPSA) is 20.2 Å². The maximum atomic E-state index is 10.8. The average molecular weight is 282 g/mol. The second-order valence-electron chi connectivity index (χ2n) is 6.19. The summed E-state index contributed by atoms with van der Waals surface area (Å²) in [5.41, 5.74) is 9.99. The van der Waals surface area contributed by atoms with Crippen LogP contribution in [0, 0.1) is 41.5 Å². The van der Waals surface area contributed by atoms with Gasteiger partial charge in [-0.05, 0) is 86.1 Å². The Kier molecular flexibility index (Phi) is 4.53. The third kappa shape index (κ3) is 2.89. The Hall–Kier alpha value is -1.60.